The average Bonchev–Trinajstić information content (AvgIpc) is 1.87. The number of hydrogen-bond donors (Lipinski definition) is 1. The molecule has 0 saturated heterocycles. The van der Waals surface area contributed by atoms with Crippen LogP contribution in [-0.2, 0) is 4.74 Å². The fourth-order valence-electron chi connectivity index (χ4n) is 0.870. The van der Waals surface area contributed by atoms with E-state index >= 15 is 0 Å². The Bertz CT molecular complexity index is 174. The second-order valence-corrected chi connectivity index (χ2v) is 3.60. The fourth-order valence-corrected chi connectivity index (χ4v) is 1.36. The van der Waals surface area contributed by atoms with Gasteiger partial charge in [0.15, 0.2) is 0 Å². The van der Waals surface area contributed by atoms with E-state index in [0.717, 1.165) is 0 Å². The van der Waals surface area contributed by atoms with Gasteiger partial charge in [-0.25, -0.2) is 0 Å². The zero-order chi connectivity index (χ0) is 7.61. The number of alkyl halides is 1. The van der Waals surface area contributed by atoms with E-state index in [1.807, 2.05) is 24.3 Å². The van der Waals surface area contributed by atoms with Gasteiger partial charge in [0.05, 0.1) is 0 Å². The van der Waals surface area contributed by atoms with Crippen molar-refractivity contribution in [3.63, 3.8) is 0 Å². The van der Waals surface area contributed by atoms with Gasteiger partial charge in [-0.3, -0.25) is 0 Å². The van der Waals surface area contributed by atoms with Gasteiger partial charge in [0.1, 0.15) is 10.6 Å². The summed E-state index contributed by atoms with van der Waals surface area (Å²) in [6.07, 6.45) is 7.51. The summed E-state index contributed by atoms with van der Waals surface area (Å²) in [6, 6.07) is 0. The maximum Gasteiger partial charge on any atom is 0.121 e. The highest BCUT2D eigenvalue weighted by Gasteiger charge is 2.28. The first-order chi connectivity index (χ1) is 4.67. The van der Waals surface area contributed by atoms with Crippen LogP contribution in [0.2, 0.25) is 0 Å². The molecule has 2 N–H and O–H groups in total. The lowest BCUT2D eigenvalue weighted by atomic mass is 10.1. The summed E-state index contributed by atoms with van der Waals surface area (Å²) in [5.74, 6) is 0. The van der Waals surface area contributed by atoms with Crippen LogP contribution in [0.15, 0.2) is 24.3 Å². The van der Waals surface area contributed by atoms with Gasteiger partial charge < -0.3 is 10.5 Å². The van der Waals surface area contributed by atoms with Crippen LogP contribution in [-0.4, -0.2) is 17.7 Å². The monoisotopic (exact) mass is 203 g/mol. The third-order valence-corrected chi connectivity index (χ3v) is 2.15. The number of allylic oxidation sites excluding steroid dienone is 2. The average molecular weight is 204 g/mol. The molecule has 1 aliphatic rings. The second kappa shape index (κ2) is 2.86. The van der Waals surface area contributed by atoms with E-state index in [9.17, 15) is 0 Å². The molecule has 1 rings (SSSR count). The summed E-state index contributed by atoms with van der Waals surface area (Å²) in [4.78, 5) is 0. The van der Waals surface area contributed by atoms with Gasteiger partial charge in [-0.15, -0.1) is 0 Å². The molecule has 2 unspecified atom stereocenters. The number of hydrogen-bond acceptors (Lipinski definition) is 2. The molecule has 0 radical (unpaired) electrons. The van der Waals surface area contributed by atoms with E-state index in [1.54, 1.807) is 7.11 Å². The number of halogens is 1. The van der Waals surface area contributed by atoms with Crippen molar-refractivity contribution in [1.29, 1.82) is 0 Å². The summed E-state index contributed by atoms with van der Waals surface area (Å²) < 4.78 is 4.57. The van der Waals surface area contributed by atoms with Crippen LogP contribution in [0.25, 0.3) is 0 Å². The van der Waals surface area contributed by atoms with Gasteiger partial charge in [0.25, 0.3) is 0 Å². The van der Waals surface area contributed by atoms with Gasteiger partial charge >= 0.3 is 0 Å². The molecule has 10 heavy (non-hydrogen) atoms. The van der Waals surface area contributed by atoms with E-state index < -0.39 is 4.45 Å². The summed E-state index contributed by atoms with van der Waals surface area (Å²) in [7, 11) is 1.64. The van der Waals surface area contributed by atoms with E-state index in [1.165, 1.54) is 0 Å². The standard InChI is InChI=1S/C7H10BrNO/c1-10-6-4-2-3-5-7(6,8)9/h2-6H,9H2,1H3. The SMILES string of the molecule is COC1C=CC=CC1(N)Br. The van der Waals surface area contributed by atoms with Crippen molar-refractivity contribution in [2.45, 2.75) is 10.6 Å². The molecule has 2 atom stereocenters. The molecule has 0 spiro atoms. The highest BCUT2D eigenvalue weighted by Crippen LogP contribution is 2.23. The van der Waals surface area contributed by atoms with Gasteiger partial charge in [-0.2, -0.15) is 0 Å². The Morgan fingerprint density at radius 2 is 2.30 bits per heavy atom. The first-order valence-electron chi connectivity index (χ1n) is 3.03. The van der Waals surface area contributed by atoms with E-state index in [2.05, 4.69) is 15.9 Å². The largest absolute Gasteiger partial charge is 0.374 e. The van der Waals surface area contributed by atoms with Crippen LogP contribution >= 0.6 is 15.9 Å². The molecule has 0 aliphatic heterocycles. The Kier molecular flexibility index (Phi) is 2.28. The zero-order valence-corrected chi connectivity index (χ0v) is 7.34. The van der Waals surface area contributed by atoms with Crippen LogP contribution in [0.5, 0.6) is 0 Å². The Hall–Kier alpha value is -0.120. The van der Waals surface area contributed by atoms with Crippen molar-refractivity contribution in [3.05, 3.63) is 24.3 Å². The smallest absolute Gasteiger partial charge is 0.121 e. The van der Waals surface area contributed by atoms with E-state index in [0.29, 0.717) is 0 Å². The first-order valence-corrected chi connectivity index (χ1v) is 3.83. The first kappa shape index (κ1) is 7.98. The Balaban J connectivity index is 2.74. The maximum atomic E-state index is 5.79. The normalized spacial score (nSPS) is 38.5. The van der Waals surface area contributed by atoms with Gasteiger partial charge in [-0.1, -0.05) is 40.2 Å². The van der Waals surface area contributed by atoms with Crippen LogP contribution in [0.4, 0.5) is 0 Å². The van der Waals surface area contributed by atoms with Crippen LogP contribution in [0.1, 0.15) is 0 Å². The summed E-state index contributed by atoms with van der Waals surface area (Å²) in [5.41, 5.74) is 5.79. The molecular formula is C7H10BrNO. The van der Waals surface area contributed by atoms with Crippen molar-refractivity contribution in [2.75, 3.05) is 7.11 Å². The molecule has 56 valence electrons. The van der Waals surface area contributed by atoms with Gasteiger partial charge in [0.2, 0.25) is 0 Å². The Labute approximate surface area is 68.9 Å². The number of ether oxygens (including phenoxy) is 1. The molecule has 0 aromatic rings. The summed E-state index contributed by atoms with van der Waals surface area (Å²) in [5, 5.41) is 0. The predicted molar refractivity (Wildman–Crippen MR) is 44.9 cm³/mol. The maximum absolute atomic E-state index is 5.79. The lowest BCUT2D eigenvalue weighted by Crippen LogP contribution is -2.44. The minimum absolute atomic E-state index is 0.0718. The van der Waals surface area contributed by atoms with E-state index in [4.69, 9.17) is 10.5 Å². The molecule has 0 aromatic carbocycles. The number of rotatable bonds is 1. The van der Waals surface area contributed by atoms with Gasteiger partial charge in [-0.05, 0) is 0 Å². The topological polar surface area (TPSA) is 35.2 Å². The lowest BCUT2D eigenvalue weighted by Gasteiger charge is -2.27. The number of methoxy groups -OCH3 is 1. The summed E-state index contributed by atoms with van der Waals surface area (Å²) in [6.45, 7) is 0. The molecule has 0 aromatic heterocycles. The third-order valence-electron chi connectivity index (χ3n) is 1.44. The minimum Gasteiger partial charge on any atom is -0.374 e. The predicted octanol–water partition coefficient (Wildman–Crippen LogP) is 1.18. The molecule has 1 aliphatic carbocycles. The van der Waals surface area contributed by atoms with Crippen molar-refractivity contribution in [1.82, 2.24) is 0 Å². The zero-order valence-electron chi connectivity index (χ0n) is 5.75. The van der Waals surface area contributed by atoms with Crippen LogP contribution < -0.4 is 5.73 Å². The minimum atomic E-state index is -0.531. The molecule has 0 fully saturated rings. The highest BCUT2D eigenvalue weighted by molar-refractivity contribution is 9.10. The van der Waals surface area contributed by atoms with Crippen molar-refractivity contribution in [3.8, 4) is 0 Å². The van der Waals surface area contributed by atoms with E-state index in [-0.39, 0.29) is 6.10 Å². The Morgan fingerprint density at radius 1 is 1.60 bits per heavy atom. The van der Waals surface area contributed by atoms with Gasteiger partial charge in [0, 0.05) is 7.11 Å². The van der Waals surface area contributed by atoms with Crippen LogP contribution in [0, 0.1) is 0 Å². The molecular weight excluding hydrogens is 194 g/mol. The molecule has 0 heterocycles. The lowest BCUT2D eigenvalue weighted by molar-refractivity contribution is 0.122. The molecule has 2 nitrogen and oxygen atoms in total. The molecule has 0 bridgehead atoms. The highest BCUT2D eigenvalue weighted by atomic mass is 79.9. The second-order valence-electron chi connectivity index (χ2n) is 2.23. The fraction of sp³-hybridized carbons (Fsp3) is 0.429. The van der Waals surface area contributed by atoms with Crippen molar-refractivity contribution < 1.29 is 4.74 Å². The van der Waals surface area contributed by atoms with Crippen molar-refractivity contribution in [2.24, 2.45) is 5.73 Å². The number of nitrogens with two attached hydrogens (primary N) is 1. The molecule has 0 amide bonds. The van der Waals surface area contributed by atoms with Crippen LogP contribution in [0.3, 0.4) is 0 Å². The third kappa shape index (κ3) is 1.48. The quantitative estimate of drug-likeness (QED) is 0.514. The molecule has 0 saturated carbocycles. The Morgan fingerprint density at radius 3 is 2.70 bits per heavy atom. The summed E-state index contributed by atoms with van der Waals surface area (Å²) >= 11 is 3.33. The van der Waals surface area contributed by atoms with Crippen molar-refractivity contribution >= 4 is 15.9 Å². The molecule has 3 heteroatoms.